The second-order valence-corrected chi connectivity index (χ2v) is 4.93. The molecule has 1 aromatic heterocycles. The van der Waals surface area contributed by atoms with Crippen molar-refractivity contribution in [2.45, 2.75) is 13.5 Å². The topological polar surface area (TPSA) is 24.9 Å². The lowest BCUT2D eigenvalue weighted by Crippen LogP contribution is -2.05. The Labute approximate surface area is 121 Å². The molecular weight excluding hydrogens is 270 g/mol. The molecular formula is C17H14F2N2. The lowest BCUT2D eigenvalue weighted by atomic mass is 10.1. The Morgan fingerprint density at radius 3 is 2.71 bits per heavy atom. The van der Waals surface area contributed by atoms with Gasteiger partial charge in [-0.15, -0.1) is 0 Å². The van der Waals surface area contributed by atoms with Crippen molar-refractivity contribution in [2.75, 3.05) is 5.32 Å². The van der Waals surface area contributed by atoms with Crippen LogP contribution in [0.3, 0.4) is 0 Å². The number of pyridine rings is 1. The molecule has 3 rings (SSSR count). The lowest BCUT2D eigenvalue weighted by molar-refractivity contribution is 0.582. The Bertz CT molecular complexity index is 795. The van der Waals surface area contributed by atoms with Gasteiger partial charge in [-0.05, 0) is 29.5 Å². The average Bonchev–Trinajstić information content (AvgIpc) is 2.51. The molecule has 0 atom stereocenters. The number of aromatic nitrogens is 1. The number of benzene rings is 2. The van der Waals surface area contributed by atoms with Crippen LogP contribution in [0.1, 0.15) is 11.1 Å². The molecule has 2 aromatic carbocycles. The van der Waals surface area contributed by atoms with Crippen molar-refractivity contribution in [3.63, 3.8) is 0 Å². The standard InChI is InChI=1S/C17H14F2N2/c1-11-6-7-15(18)17(16(11)19)21-10-13-9-20-8-12-4-2-3-5-14(12)13/h2-9,21H,10H2,1H3. The van der Waals surface area contributed by atoms with Crippen LogP contribution in [0.5, 0.6) is 0 Å². The van der Waals surface area contributed by atoms with Crippen LogP contribution < -0.4 is 5.32 Å². The van der Waals surface area contributed by atoms with Gasteiger partial charge in [0, 0.05) is 24.3 Å². The number of anilines is 1. The first kappa shape index (κ1) is 13.5. The summed E-state index contributed by atoms with van der Waals surface area (Å²) in [7, 11) is 0. The number of nitrogens with zero attached hydrogens (tertiary/aromatic N) is 1. The molecule has 1 heterocycles. The molecule has 0 amide bonds. The molecule has 0 aliphatic heterocycles. The number of aryl methyl sites for hydroxylation is 1. The number of hydrogen-bond acceptors (Lipinski definition) is 2. The highest BCUT2D eigenvalue weighted by Gasteiger charge is 2.11. The smallest absolute Gasteiger partial charge is 0.152 e. The predicted molar refractivity (Wildman–Crippen MR) is 80.2 cm³/mol. The summed E-state index contributed by atoms with van der Waals surface area (Å²) in [6, 6.07) is 10.5. The fraction of sp³-hybridized carbons (Fsp3) is 0.118. The van der Waals surface area contributed by atoms with Crippen LogP contribution in [0.15, 0.2) is 48.8 Å². The number of fused-ring (bicyclic) bond motifs is 1. The van der Waals surface area contributed by atoms with E-state index < -0.39 is 11.6 Å². The van der Waals surface area contributed by atoms with Crippen LogP contribution in [0.25, 0.3) is 10.8 Å². The third-order valence-electron chi connectivity index (χ3n) is 3.49. The largest absolute Gasteiger partial charge is 0.376 e. The number of rotatable bonds is 3. The van der Waals surface area contributed by atoms with Gasteiger partial charge in [0.15, 0.2) is 5.82 Å². The van der Waals surface area contributed by atoms with Gasteiger partial charge < -0.3 is 5.32 Å². The lowest BCUT2D eigenvalue weighted by Gasteiger charge is -2.11. The minimum Gasteiger partial charge on any atom is -0.376 e. The van der Waals surface area contributed by atoms with Gasteiger partial charge in [0.1, 0.15) is 11.5 Å². The van der Waals surface area contributed by atoms with Crippen LogP contribution in [0.2, 0.25) is 0 Å². The number of halogens is 2. The zero-order valence-corrected chi connectivity index (χ0v) is 11.5. The van der Waals surface area contributed by atoms with Crippen molar-refractivity contribution in [3.8, 4) is 0 Å². The van der Waals surface area contributed by atoms with Gasteiger partial charge in [-0.1, -0.05) is 30.3 Å². The van der Waals surface area contributed by atoms with Crippen molar-refractivity contribution in [1.29, 1.82) is 0 Å². The van der Waals surface area contributed by atoms with Gasteiger partial charge in [0.2, 0.25) is 0 Å². The first-order valence-corrected chi connectivity index (χ1v) is 6.67. The number of hydrogen-bond donors (Lipinski definition) is 1. The second-order valence-electron chi connectivity index (χ2n) is 4.93. The number of nitrogens with one attached hydrogen (secondary N) is 1. The van der Waals surface area contributed by atoms with E-state index in [1.807, 2.05) is 24.3 Å². The summed E-state index contributed by atoms with van der Waals surface area (Å²) in [4.78, 5) is 4.16. The molecule has 3 aromatic rings. The zero-order valence-electron chi connectivity index (χ0n) is 11.5. The van der Waals surface area contributed by atoms with Gasteiger partial charge in [0.05, 0.1) is 0 Å². The fourth-order valence-corrected chi connectivity index (χ4v) is 2.32. The highest BCUT2D eigenvalue weighted by atomic mass is 19.1. The Morgan fingerprint density at radius 1 is 1.05 bits per heavy atom. The van der Waals surface area contributed by atoms with E-state index in [-0.39, 0.29) is 5.69 Å². The summed E-state index contributed by atoms with van der Waals surface area (Å²) in [6.07, 6.45) is 3.48. The molecule has 0 radical (unpaired) electrons. The van der Waals surface area contributed by atoms with Crippen LogP contribution in [0.4, 0.5) is 14.5 Å². The van der Waals surface area contributed by atoms with E-state index in [0.29, 0.717) is 12.1 Å². The molecule has 2 nitrogen and oxygen atoms in total. The Balaban J connectivity index is 1.93. The van der Waals surface area contributed by atoms with Gasteiger partial charge in [-0.2, -0.15) is 0 Å². The molecule has 0 aliphatic rings. The van der Waals surface area contributed by atoms with E-state index >= 15 is 0 Å². The SMILES string of the molecule is Cc1ccc(F)c(NCc2cncc3ccccc23)c1F. The minimum atomic E-state index is -0.591. The van der Waals surface area contributed by atoms with Crippen molar-refractivity contribution in [3.05, 3.63) is 71.6 Å². The predicted octanol–water partition coefficient (Wildman–Crippen LogP) is 4.43. The molecule has 1 N–H and O–H groups in total. The molecule has 0 spiro atoms. The van der Waals surface area contributed by atoms with Gasteiger partial charge in [-0.25, -0.2) is 8.78 Å². The Kier molecular flexibility index (Phi) is 3.52. The first-order valence-electron chi connectivity index (χ1n) is 6.67. The Hall–Kier alpha value is -2.49. The van der Waals surface area contributed by atoms with Crippen molar-refractivity contribution in [1.82, 2.24) is 4.98 Å². The molecule has 0 saturated carbocycles. The molecule has 0 fully saturated rings. The van der Waals surface area contributed by atoms with E-state index in [4.69, 9.17) is 0 Å². The van der Waals surface area contributed by atoms with Crippen molar-refractivity contribution in [2.24, 2.45) is 0 Å². The maximum atomic E-state index is 14.0. The summed E-state index contributed by atoms with van der Waals surface area (Å²) in [5.41, 5.74) is 1.21. The third-order valence-corrected chi connectivity index (χ3v) is 3.49. The van der Waals surface area contributed by atoms with Gasteiger partial charge >= 0.3 is 0 Å². The van der Waals surface area contributed by atoms with E-state index in [9.17, 15) is 8.78 Å². The van der Waals surface area contributed by atoms with E-state index in [1.165, 1.54) is 12.1 Å². The van der Waals surface area contributed by atoms with Crippen LogP contribution in [0, 0.1) is 18.6 Å². The summed E-state index contributed by atoms with van der Waals surface area (Å²) in [6.45, 7) is 1.92. The average molecular weight is 284 g/mol. The monoisotopic (exact) mass is 284 g/mol. The van der Waals surface area contributed by atoms with Crippen molar-refractivity contribution < 1.29 is 8.78 Å². The van der Waals surface area contributed by atoms with E-state index in [2.05, 4.69) is 10.3 Å². The van der Waals surface area contributed by atoms with Crippen LogP contribution in [-0.4, -0.2) is 4.98 Å². The molecule has 0 bridgehead atoms. The molecule has 0 aliphatic carbocycles. The maximum absolute atomic E-state index is 14.0. The van der Waals surface area contributed by atoms with E-state index in [1.54, 1.807) is 19.3 Å². The molecule has 0 unspecified atom stereocenters. The molecule has 106 valence electrons. The normalized spacial score (nSPS) is 10.8. The summed E-state index contributed by atoms with van der Waals surface area (Å²) in [5, 5.41) is 4.86. The third kappa shape index (κ3) is 2.57. The van der Waals surface area contributed by atoms with Gasteiger partial charge in [-0.3, -0.25) is 4.98 Å². The molecule has 4 heteroatoms. The molecule has 0 saturated heterocycles. The maximum Gasteiger partial charge on any atom is 0.152 e. The quantitative estimate of drug-likeness (QED) is 0.769. The highest BCUT2D eigenvalue weighted by molar-refractivity contribution is 5.84. The summed E-state index contributed by atoms with van der Waals surface area (Å²) < 4.78 is 27.7. The highest BCUT2D eigenvalue weighted by Crippen LogP contribution is 2.23. The second kappa shape index (κ2) is 5.48. The fourth-order valence-electron chi connectivity index (χ4n) is 2.32. The Morgan fingerprint density at radius 2 is 1.86 bits per heavy atom. The van der Waals surface area contributed by atoms with Crippen LogP contribution in [-0.2, 0) is 6.54 Å². The van der Waals surface area contributed by atoms with Crippen LogP contribution >= 0.6 is 0 Å². The van der Waals surface area contributed by atoms with Gasteiger partial charge in [0.25, 0.3) is 0 Å². The molecule has 21 heavy (non-hydrogen) atoms. The summed E-state index contributed by atoms with van der Waals surface area (Å²) >= 11 is 0. The van der Waals surface area contributed by atoms with E-state index in [0.717, 1.165) is 16.3 Å². The summed E-state index contributed by atoms with van der Waals surface area (Å²) in [5.74, 6) is -1.14. The zero-order chi connectivity index (χ0) is 14.8. The van der Waals surface area contributed by atoms with Crippen molar-refractivity contribution >= 4 is 16.5 Å². The minimum absolute atomic E-state index is 0.0945. The first-order chi connectivity index (χ1) is 10.2.